The van der Waals surface area contributed by atoms with Gasteiger partial charge in [-0.2, -0.15) is 0 Å². The molecule has 1 aromatic rings. The minimum Gasteiger partial charge on any atom is -0.466 e. The number of nitrogens with zero attached hydrogens (tertiary/aromatic N) is 1. The summed E-state index contributed by atoms with van der Waals surface area (Å²) < 4.78 is 4.82. The maximum atomic E-state index is 12.2. The Labute approximate surface area is 128 Å². The van der Waals surface area contributed by atoms with Crippen LogP contribution in [-0.2, 0) is 9.53 Å². The molecule has 0 aromatic carbocycles. The lowest BCUT2D eigenvalue weighted by atomic mass is 10.2. The van der Waals surface area contributed by atoms with Crippen LogP contribution in [0.15, 0.2) is 11.4 Å². The molecular weight excluding hydrogens is 290 g/mol. The second-order valence-corrected chi connectivity index (χ2v) is 5.17. The van der Waals surface area contributed by atoms with Crippen molar-refractivity contribution in [3.8, 4) is 11.8 Å². The first-order valence-electron chi connectivity index (χ1n) is 6.67. The van der Waals surface area contributed by atoms with Crippen LogP contribution in [0, 0.1) is 11.8 Å². The Kier molecular flexibility index (Phi) is 7.51. The summed E-state index contributed by atoms with van der Waals surface area (Å²) >= 11 is 1.38. The number of hydrogen-bond acceptors (Lipinski definition) is 5. The van der Waals surface area contributed by atoms with Gasteiger partial charge in [-0.25, -0.2) is 0 Å². The maximum Gasteiger partial charge on any atom is 0.307 e. The molecular formula is C15H19NO4S. The molecule has 0 saturated carbocycles. The maximum absolute atomic E-state index is 12.2. The number of esters is 1. The SMILES string of the molecule is CCOC(=O)CCN(C)C(=O)c1csc(C#CCCO)c1. The standard InChI is InChI=1S/C15H19NO4S/c1-3-20-14(18)7-8-16(2)15(19)12-10-13(21-11-12)6-4-5-9-17/h10-11,17H,3,5,7-9H2,1-2H3. The Morgan fingerprint density at radius 2 is 2.24 bits per heavy atom. The number of amides is 1. The molecule has 0 aliphatic rings. The smallest absolute Gasteiger partial charge is 0.307 e. The van der Waals surface area contributed by atoms with Gasteiger partial charge in [0.05, 0.1) is 30.1 Å². The highest BCUT2D eigenvalue weighted by molar-refractivity contribution is 7.10. The molecule has 0 fully saturated rings. The van der Waals surface area contributed by atoms with Gasteiger partial charge in [0, 0.05) is 25.4 Å². The minimum absolute atomic E-state index is 0.0285. The molecule has 1 N–H and O–H groups in total. The van der Waals surface area contributed by atoms with Crippen LogP contribution in [0.4, 0.5) is 0 Å². The van der Waals surface area contributed by atoms with Crippen LogP contribution in [0.25, 0.3) is 0 Å². The Hall–Kier alpha value is -1.84. The fraction of sp³-hybridized carbons (Fsp3) is 0.467. The summed E-state index contributed by atoms with van der Waals surface area (Å²) in [5.41, 5.74) is 0.555. The molecule has 114 valence electrons. The van der Waals surface area contributed by atoms with E-state index in [9.17, 15) is 9.59 Å². The summed E-state index contributed by atoms with van der Waals surface area (Å²) in [7, 11) is 1.65. The van der Waals surface area contributed by atoms with Gasteiger partial charge in [0.15, 0.2) is 0 Å². The second kappa shape index (κ2) is 9.16. The van der Waals surface area contributed by atoms with Gasteiger partial charge in [-0.3, -0.25) is 9.59 Å². The summed E-state index contributed by atoms with van der Waals surface area (Å²) in [5.74, 6) is 5.25. The summed E-state index contributed by atoms with van der Waals surface area (Å²) in [4.78, 5) is 25.7. The molecule has 0 radical (unpaired) electrons. The highest BCUT2D eigenvalue weighted by atomic mass is 32.1. The van der Waals surface area contributed by atoms with Gasteiger partial charge in [-0.1, -0.05) is 11.8 Å². The number of ether oxygens (including phenoxy) is 1. The third-order valence-electron chi connectivity index (χ3n) is 2.60. The molecule has 1 amide bonds. The largest absolute Gasteiger partial charge is 0.466 e. The van der Waals surface area contributed by atoms with E-state index in [0.29, 0.717) is 25.1 Å². The van der Waals surface area contributed by atoms with Gasteiger partial charge in [-0.15, -0.1) is 11.3 Å². The first-order valence-corrected chi connectivity index (χ1v) is 7.55. The van der Waals surface area contributed by atoms with Gasteiger partial charge in [0.25, 0.3) is 5.91 Å². The first kappa shape index (κ1) is 17.2. The van der Waals surface area contributed by atoms with E-state index in [4.69, 9.17) is 9.84 Å². The number of rotatable bonds is 6. The highest BCUT2D eigenvalue weighted by Gasteiger charge is 2.14. The van der Waals surface area contributed by atoms with Crippen LogP contribution in [0.2, 0.25) is 0 Å². The summed E-state index contributed by atoms with van der Waals surface area (Å²) in [6.07, 6.45) is 0.601. The lowest BCUT2D eigenvalue weighted by molar-refractivity contribution is -0.143. The number of aliphatic hydroxyl groups excluding tert-OH is 1. The Balaban J connectivity index is 2.55. The van der Waals surface area contributed by atoms with Crippen molar-refractivity contribution in [3.05, 3.63) is 21.9 Å². The fourth-order valence-electron chi connectivity index (χ4n) is 1.53. The van der Waals surface area contributed by atoms with E-state index in [0.717, 1.165) is 4.88 Å². The van der Waals surface area contributed by atoms with Crippen LogP contribution < -0.4 is 0 Å². The molecule has 0 unspecified atom stereocenters. The number of hydrogen-bond donors (Lipinski definition) is 1. The second-order valence-electron chi connectivity index (χ2n) is 4.26. The third kappa shape index (κ3) is 5.98. The van der Waals surface area contributed by atoms with Crippen molar-refractivity contribution in [2.45, 2.75) is 19.8 Å². The van der Waals surface area contributed by atoms with Gasteiger partial charge < -0.3 is 14.7 Å². The average molecular weight is 309 g/mol. The molecule has 0 atom stereocenters. The van der Waals surface area contributed by atoms with Crippen molar-refractivity contribution in [2.24, 2.45) is 0 Å². The lowest BCUT2D eigenvalue weighted by Crippen LogP contribution is -2.29. The summed E-state index contributed by atoms with van der Waals surface area (Å²) in [5, 5.41) is 10.4. The topological polar surface area (TPSA) is 66.8 Å². The molecule has 5 nitrogen and oxygen atoms in total. The van der Waals surface area contributed by atoms with Crippen LogP contribution in [0.1, 0.15) is 35.0 Å². The number of carbonyl (C=O) groups is 2. The molecule has 6 heteroatoms. The first-order chi connectivity index (χ1) is 10.1. The predicted octanol–water partition coefficient (Wildman–Crippen LogP) is 1.51. The molecule has 1 rings (SSSR count). The van der Waals surface area contributed by atoms with E-state index in [-0.39, 0.29) is 24.9 Å². The van der Waals surface area contributed by atoms with Gasteiger partial charge in [0.1, 0.15) is 0 Å². The molecule has 0 aliphatic heterocycles. The summed E-state index contributed by atoms with van der Waals surface area (Å²) in [6, 6.07) is 1.72. The monoisotopic (exact) mass is 309 g/mol. The molecule has 0 bridgehead atoms. The van der Waals surface area contributed by atoms with E-state index in [1.807, 2.05) is 0 Å². The van der Waals surface area contributed by atoms with Crippen LogP contribution in [0.3, 0.4) is 0 Å². The van der Waals surface area contributed by atoms with Crippen molar-refractivity contribution in [3.63, 3.8) is 0 Å². The third-order valence-corrected chi connectivity index (χ3v) is 3.44. The van der Waals surface area contributed by atoms with Crippen molar-refractivity contribution in [1.82, 2.24) is 4.90 Å². The van der Waals surface area contributed by atoms with E-state index < -0.39 is 0 Å². The van der Waals surface area contributed by atoms with Crippen molar-refractivity contribution in [1.29, 1.82) is 0 Å². The number of carbonyl (C=O) groups excluding carboxylic acids is 2. The van der Waals surface area contributed by atoms with Crippen LogP contribution in [-0.4, -0.2) is 48.7 Å². The van der Waals surface area contributed by atoms with E-state index in [1.54, 1.807) is 25.4 Å². The number of thiophene rings is 1. The van der Waals surface area contributed by atoms with Gasteiger partial charge >= 0.3 is 5.97 Å². The van der Waals surface area contributed by atoms with E-state index in [2.05, 4.69) is 11.8 Å². The molecule has 0 spiro atoms. The predicted molar refractivity (Wildman–Crippen MR) is 81.1 cm³/mol. The van der Waals surface area contributed by atoms with Crippen molar-refractivity contribution >= 4 is 23.2 Å². The molecule has 0 saturated heterocycles. The molecule has 21 heavy (non-hydrogen) atoms. The average Bonchev–Trinajstić information content (AvgIpc) is 2.93. The Morgan fingerprint density at radius 3 is 2.90 bits per heavy atom. The van der Waals surface area contributed by atoms with Gasteiger partial charge in [-0.05, 0) is 13.0 Å². The molecule has 1 aromatic heterocycles. The lowest BCUT2D eigenvalue weighted by Gasteiger charge is -2.15. The minimum atomic E-state index is -0.307. The zero-order chi connectivity index (χ0) is 15.7. The van der Waals surface area contributed by atoms with Crippen LogP contribution in [0.5, 0.6) is 0 Å². The quantitative estimate of drug-likeness (QED) is 0.639. The molecule has 0 aliphatic carbocycles. The normalized spacial score (nSPS) is 9.67. The summed E-state index contributed by atoms with van der Waals surface area (Å²) in [6.45, 7) is 2.44. The molecule has 1 heterocycles. The fourth-order valence-corrected chi connectivity index (χ4v) is 2.28. The van der Waals surface area contributed by atoms with E-state index in [1.165, 1.54) is 16.2 Å². The van der Waals surface area contributed by atoms with Crippen LogP contribution >= 0.6 is 11.3 Å². The van der Waals surface area contributed by atoms with E-state index >= 15 is 0 Å². The number of aliphatic hydroxyl groups is 1. The zero-order valence-electron chi connectivity index (χ0n) is 12.2. The Morgan fingerprint density at radius 1 is 1.48 bits per heavy atom. The Bertz CT molecular complexity index is 541. The van der Waals surface area contributed by atoms with Crippen molar-refractivity contribution < 1.29 is 19.4 Å². The van der Waals surface area contributed by atoms with Gasteiger partial charge in [0.2, 0.25) is 0 Å². The zero-order valence-corrected chi connectivity index (χ0v) is 13.0. The van der Waals surface area contributed by atoms with Crippen molar-refractivity contribution in [2.75, 3.05) is 26.8 Å². The highest BCUT2D eigenvalue weighted by Crippen LogP contribution is 2.15.